The molecule has 0 unspecified atom stereocenters. The quantitative estimate of drug-likeness (QED) is 0.435. The van der Waals surface area contributed by atoms with Crippen LogP contribution in [-0.2, 0) is 6.42 Å². The van der Waals surface area contributed by atoms with E-state index in [2.05, 4.69) is 9.97 Å². The Morgan fingerprint density at radius 1 is 1.21 bits per heavy atom. The fourth-order valence-corrected chi connectivity index (χ4v) is 3.07. The molecule has 0 fully saturated rings. The molecule has 0 amide bonds. The smallest absolute Gasteiger partial charge is 0.199 e. The van der Waals surface area contributed by atoms with Crippen LogP contribution >= 0.6 is 23.2 Å². The summed E-state index contributed by atoms with van der Waals surface area (Å²) < 4.78 is 19.7. The molecule has 0 saturated carbocycles. The number of hydrogen-bond donors (Lipinski definition) is 1. The Morgan fingerprint density at radius 3 is 2.71 bits per heavy atom. The molecular weight excluding hydrogens is 406 g/mol. The summed E-state index contributed by atoms with van der Waals surface area (Å²) >= 11 is 11.7. The van der Waals surface area contributed by atoms with Gasteiger partial charge in [0.05, 0.1) is 27.9 Å². The Labute approximate surface area is 170 Å². The van der Waals surface area contributed by atoms with E-state index in [-0.39, 0.29) is 39.1 Å². The second-order valence-corrected chi connectivity index (χ2v) is 6.68. The number of halogens is 3. The fraction of sp³-hybridized carbons (Fsp3) is 0.150. The van der Waals surface area contributed by atoms with Crippen LogP contribution in [0.5, 0.6) is 5.75 Å². The van der Waals surface area contributed by atoms with Gasteiger partial charge >= 0.3 is 0 Å². The Balaban J connectivity index is 1.84. The Morgan fingerprint density at radius 2 is 1.96 bits per heavy atom. The first-order chi connectivity index (χ1) is 13.4. The lowest BCUT2D eigenvalue weighted by molar-refractivity contribution is 0.0987. The first-order valence-electron chi connectivity index (χ1n) is 8.37. The molecule has 28 heavy (non-hydrogen) atoms. The van der Waals surface area contributed by atoms with Gasteiger partial charge in [-0.1, -0.05) is 23.2 Å². The van der Waals surface area contributed by atoms with Gasteiger partial charge in [-0.15, -0.1) is 0 Å². The molecule has 5 nitrogen and oxygen atoms in total. The molecule has 3 aromatic rings. The zero-order chi connectivity index (χ0) is 20.3. The van der Waals surface area contributed by atoms with E-state index < -0.39 is 11.6 Å². The van der Waals surface area contributed by atoms with Crippen LogP contribution in [0.3, 0.4) is 0 Å². The summed E-state index contributed by atoms with van der Waals surface area (Å²) in [6.07, 6.45) is 4.50. The number of H-pyrrole nitrogens is 1. The number of aromatic amines is 1. The number of ketones is 2. The molecule has 0 aliphatic carbocycles. The molecule has 1 aromatic carbocycles. The predicted molar refractivity (Wildman–Crippen MR) is 104 cm³/mol. The largest absolute Gasteiger partial charge is 0.493 e. The minimum Gasteiger partial charge on any atom is -0.493 e. The van der Waals surface area contributed by atoms with E-state index in [1.165, 1.54) is 24.4 Å². The molecule has 8 heteroatoms. The Kier molecular flexibility index (Phi) is 6.11. The molecule has 2 heterocycles. The van der Waals surface area contributed by atoms with E-state index in [9.17, 15) is 14.0 Å². The highest BCUT2D eigenvalue weighted by Crippen LogP contribution is 2.28. The maximum Gasteiger partial charge on any atom is 0.199 e. The maximum atomic E-state index is 14.2. The number of ether oxygens (including phenoxy) is 1. The van der Waals surface area contributed by atoms with Crippen molar-refractivity contribution in [2.45, 2.75) is 13.3 Å². The first-order valence-corrected chi connectivity index (χ1v) is 9.13. The highest BCUT2D eigenvalue weighted by Gasteiger charge is 2.22. The third-order valence-corrected chi connectivity index (χ3v) is 4.63. The van der Waals surface area contributed by atoms with Crippen LogP contribution < -0.4 is 4.74 Å². The normalized spacial score (nSPS) is 10.7. The van der Waals surface area contributed by atoms with E-state index in [1.54, 1.807) is 18.5 Å². The number of Topliss-reactive ketones (excluding diaryl/α,β-unsaturated/α-hetero) is 1. The van der Waals surface area contributed by atoms with E-state index in [0.29, 0.717) is 17.9 Å². The van der Waals surface area contributed by atoms with Crippen LogP contribution in [0.4, 0.5) is 4.39 Å². The molecule has 0 bridgehead atoms. The number of rotatable bonds is 7. The van der Waals surface area contributed by atoms with Gasteiger partial charge in [0.1, 0.15) is 5.75 Å². The van der Waals surface area contributed by atoms with Crippen molar-refractivity contribution in [2.75, 3.05) is 6.61 Å². The third-order valence-electron chi connectivity index (χ3n) is 4.03. The van der Waals surface area contributed by atoms with Crippen molar-refractivity contribution >= 4 is 34.8 Å². The molecule has 0 saturated heterocycles. The number of hydrogen-bond acceptors (Lipinski definition) is 4. The molecular formula is C20H15Cl2FN2O3. The number of pyridine rings is 1. The summed E-state index contributed by atoms with van der Waals surface area (Å²) in [7, 11) is 0. The average molecular weight is 421 g/mol. The molecule has 2 aromatic heterocycles. The monoisotopic (exact) mass is 420 g/mol. The predicted octanol–water partition coefficient (Wildman–Crippen LogP) is 4.91. The van der Waals surface area contributed by atoms with Crippen molar-refractivity contribution in [3.63, 3.8) is 0 Å². The summed E-state index contributed by atoms with van der Waals surface area (Å²) in [6, 6.07) is 5.65. The standard InChI is InChI=1S/C20H15Cl2FN2O3/c1-2-28-17-5-6-24-9-11(17)8-16(26)15-7-12(10-25-15)20(27)18-13(21)3-4-14(22)19(18)23/h3-7,9-10,25H,2,8H2,1H3. The summed E-state index contributed by atoms with van der Waals surface area (Å²) in [4.78, 5) is 32.0. The van der Waals surface area contributed by atoms with E-state index in [4.69, 9.17) is 27.9 Å². The summed E-state index contributed by atoms with van der Waals surface area (Å²) in [5, 5.41) is -0.266. The highest BCUT2D eigenvalue weighted by molar-refractivity contribution is 6.37. The van der Waals surface area contributed by atoms with Crippen molar-refractivity contribution in [1.29, 1.82) is 0 Å². The van der Waals surface area contributed by atoms with Gasteiger partial charge in [0, 0.05) is 36.1 Å². The zero-order valence-corrected chi connectivity index (χ0v) is 16.3. The topological polar surface area (TPSA) is 72.0 Å². The van der Waals surface area contributed by atoms with Crippen LogP contribution in [0.2, 0.25) is 10.0 Å². The zero-order valence-electron chi connectivity index (χ0n) is 14.8. The Bertz CT molecular complexity index is 1050. The highest BCUT2D eigenvalue weighted by atomic mass is 35.5. The molecule has 0 aliphatic rings. The number of nitrogens with zero attached hydrogens (tertiary/aromatic N) is 1. The van der Waals surface area contributed by atoms with Crippen LogP contribution in [0.1, 0.15) is 38.9 Å². The van der Waals surface area contributed by atoms with Crippen molar-refractivity contribution in [1.82, 2.24) is 9.97 Å². The van der Waals surface area contributed by atoms with Gasteiger partial charge in [-0.2, -0.15) is 0 Å². The van der Waals surface area contributed by atoms with Crippen LogP contribution in [0.25, 0.3) is 0 Å². The van der Waals surface area contributed by atoms with Gasteiger partial charge < -0.3 is 9.72 Å². The van der Waals surface area contributed by atoms with Crippen LogP contribution in [-0.4, -0.2) is 28.1 Å². The molecule has 1 N–H and O–H groups in total. The van der Waals surface area contributed by atoms with Crippen molar-refractivity contribution in [3.05, 3.63) is 81.1 Å². The molecule has 3 rings (SSSR count). The number of carbonyl (C=O) groups is 2. The SMILES string of the molecule is CCOc1ccncc1CC(=O)c1cc(C(=O)c2c(Cl)ccc(Cl)c2F)c[nH]1. The average Bonchev–Trinajstić information content (AvgIpc) is 3.17. The Hall–Kier alpha value is -2.70. The van der Waals surface area contributed by atoms with E-state index in [1.807, 2.05) is 6.92 Å². The first kappa shape index (κ1) is 20.0. The summed E-state index contributed by atoms with van der Waals surface area (Å²) in [5.74, 6) is -1.27. The summed E-state index contributed by atoms with van der Waals surface area (Å²) in [5.41, 5.74) is 0.592. The van der Waals surface area contributed by atoms with Gasteiger partial charge in [0.15, 0.2) is 17.4 Å². The van der Waals surface area contributed by atoms with Gasteiger partial charge in [-0.25, -0.2) is 4.39 Å². The lowest BCUT2D eigenvalue weighted by Crippen LogP contribution is -2.07. The van der Waals surface area contributed by atoms with Gasteiger partial charge in [-0.3, -0.25) is 14.6 Å². The van der Waals surface area contributed by atoms with E-state index in [0.717, 1.165) is 0 Å². The molecule has 0 spiro atoms. The maximum absolute atomic E-state index is 14.2. The lowest BCUT2D eigenvalue weighted by Gasteiger charge is -2.08. The fourth-order valence-electron chi connectivity index (χ4n) is 2.68. The molecule has 0 atom stereocenters. The van der Waals surface area contributed by atoms with Gasteiger partial charge in [-0.05, 0) is 31.2 Å². The van der Waals surface area contributed by atoms with Crippen molar-refractivity contribution in [3.8, 4) is 5.75 Å². The molecule has 0 radical (unpaired) electrons. The van der Waals surface area contributed by atoms with Crippen LogP contribution in [0.15, 0.2) is 42.9 Å². The van der Waals surface area contributed by atoms with Crippen molar-refractivity contribution < 1.29 is 18.7 Å². The second-order valence-electron chi connectivity index (χ2n) is 5.87. The van der Waals surface area contributed by atoms with Gasteiger partial charge in [0.2, 0.25) is 0 Å². The minimum atomic E-state index is -0.898. The number of aromatic nitrogens is 2. The minimum absolute atomic E-state index is 0.0313. The number of carbonyl (C=O) groups excluding carboxylic acids is 2. The van der Waals surface area contributed by atoms with Gasteiger partial charge in [0.25, 0.3) is 0 Å². The second kappa shape index (κ2) is 8.54. The van der Waals surface area contributed by atoms with Crippen LogP contribution in [0, 0.1) is 5.82 Å². The molecule has 0 aliphatic heterocycles. The number of nitrogens with one attached hydrogen (secondary N) is 1. The third kappa shape index (κ3) is 4.08. The number of benzene rings is 1. The van der Waals surface area contributed by atoms with E-state index >= 15 is 0 Å². The lowest BCUT2D eigenvalue weighted by atomic mass is 10.0. The summed E-state index contributed by atoms with van der Waals surface area (Å²) in [6.45, 7) is 2.30. The van der Waals surface area contributed by atoms with Crippen molar-refractivity contribution in [2.24, 2.45) is 0 Å². The molecule has 144 valence electrons.